The van der Waals surface area contributed by atoms with Gasteiger partial charge in [-0.25, -0.2) is 4.39 Å². The quantitative estimate of drug-likeness (QED) is 0.665. The van der Waals surface area contributed by atoms with Crippen LogP contribution in [-0.4, -0.2) is 25.4 Å². The first-order valence-corrected chi connectivity index (χ1v) is 9.33. The van der Waals surface area contributed by atoms with Crippen LogP contribution in [0, 0.1) is 5.82 Å². The van der Waals surface area contributed by atoms with E-state index in [1.807, 2.05) is 0 Å². The number of benzene rings is 2. The smallest absolute Gasteiger partial charge is 0.255 e. The van der Waals surface area contributed by atoms with Crippen LogP contribution in [0.4, 0.5) is 10.1 Å². The maximum absolute atomic E-state index is 13.3. The average molecular weight is 431 g/mol. The molecule has 3 aromatic rings. The molecule has 0 radical (unpaired) electrons. The number of halogens is 2. The highest BCUT2D eigenvalue weighted by Gasteiger charge is 2.27. The van der Waals surface area contributed by atoms with Crippen LogP contribution in [0.2, 0.25) is 0 Å². The predicted octanol–water partition coefficient (Wildman–Crippen LogP) is 4.49. The highest BCUT2D eigenvalue weighted by molar-refractivity contribution is 9.10. The van der Waals surface area contributed by atoms with Crippen molar-refractivity contribution in [1.82, 2.24) is 5.32 Å². The van der Waals surface area contributed by atoms with Crippen LogP contribution in [0.15, 0.2) is 45.3 Å². The summed E-state index contributed by atoms with van der Waals surface area (Å²) in [6, 6.07) is 9.33. The summed E-state index contributed by atoms with van der Waals surface area (Å²) in [4.78, 5) is 26.4. The van der Waals surface area contributed by atoms with Crippen LogP contribution >= 0.6 is 15.9 Å². The highest BCUT2D eigenvalue weighted by Crippen LogP contribution is 2.40. The lowest BCUT2D eigenvalue weighted by molar-refractivity contribution is -0.117. The minimum Gasteiger partial charge on any atom is -0.455 e. The molecule has 1 aliphatic rings. The van der Waals surface area contributed by atoms with E-state index in [1.54, 1.807) is 36.2 Å². The highest BCUT2D eigenvalue weighted by atomic mass is 79.9. The number of rotatable bonds is 3. The number of furan rings is 1. The van der Waals surface area contributed by atoms with Gasteiger partial charge in [-0.15, -0.1) is 0 Å². The molecule has 0 bridgehead atoms. The summed E-state index contributed by atoms with van der Waals surface area (Å²) in [5.74, 6) is -0.244. The Bertz CT molecular complexity index is 1060. The molecule has 5 nitrogen and oxygen atoms in total. The summed E-state index contributed by atoms with van der Waals surface area (Å²) in [6.45, 7) is 0.650. The number of nitrogens with zero attached hydrogens (tertiary/aromatic N) is 1. The van der Waals surface area contributed by atoms with Crippen molar-refractivity contribution in [3.63, 3.8) is 0 Å². The fourth-order valence-electron chi connectivity index (χ4n) is 3.37. The molecule has 2 heterocycles. The third-order valence-electron chi connectivity index (χ3n) is 4.68. The summed E-state index contributed by atoms with van der Waals surface area (Å²) < 4.78 is 20.0. The SMILES string of the molecule is CNC(=O)c1c(-c2ccc(F)cc2)oc2cc(N3CCCC3=O)c(Br)cc12. The second-order valence-electron chi connectivity index (χ2n) is 6.34. The van der Waals surface area contributed by atoms with Gasteiger partial charge in [-0.1, -0.05) is 0 Å². The van der Waals surface area contributed by atoms with Crippen LogP contribution in [-0.2, 0) is 4.79 Å². The molecule has 1 N–H and O–H groups in total. The van der Waals surface area contributed by atoms with E-state index in [0.29, 0.717) is 51.0 Å². The fraction of sp³-hybridized carbons (Fsp3) is 0.200. The molecule has 2 aromatic carbocycles. The first-order valence-electron chi connectivity index (χ1n) is 8.54. The molecule has 4 rings (SSSR count). The third kappa shape index (κ3) is 3.02. The molecule has 138 valence electrons. The van der Waals surface area contributed by atoms with E-state index in [2.05, 4.69) is 21.2 Å². The van der Waals surface area contributed by atoms with E-state index >= 15 is 0 Å². The second-order valence-corrected chi connectivity index (χ2v) is 7.20. The molecule has 2 amide bonds. The minimum absolute atomic E-state index is 0.0619. The Hall–Kier alpha value is -2.67. The van der Waals surface area contributed by atoms with Crippen LogP contribution in [0.1, 0.15) is 23.2 Å². The Kier molecular flexibility index (Phi) is 4.47. The van der Waals surface area contributed by atoms with Crippen molar-refractivity contribution in [3.05, 3.63) is 52.3 Å². The molecule has 0 spiro atoms. The Morgan fingerprint density at radius 1 is 1.26 bits per heavy atom. The molecule has 1 saturated heterocycles. The van der Waals surface area contributed by atoms with Gasteiger partial charge in [-0.2, -0.15) is 0 Å². The molecule has 7 heteroatoms. The second kappa shape index (κ2) is 6.81. The van der Waals surface area contributed by atoms with Gasteiger partial charge in [0.1, 0.15) is 17.2 Å². The number of fused-ring (bicyclic) bond motifs is 1. The van der Waals surface area contributed by atoms with Crippen molar-refractivity contribution < 1.29 is 18.4 Å². The molecule has 0 aliphatic carbocycles. The van der Waals surface area contributed by atoms with Crippen LogP contribution < -0.4 is 10.2 Å². The molecule has 27 heavy (non-hydrogen) atoms. The average Bonchev–Trinajstić information content (AvgIpc) is 3.24. The van der Waals surface area contributed by atoms with Gasteiger partial charge in [-0.05, 0) is 52.7 Å². The van der Waals surface area contributed by atoms with E-state index in [0.717, 1.165) is 6.42 Å². The molecule has 0 unspecified atom stereocenters. The molecular weight excluding hydrogens is 415 g/mol. The monoisotopic (exact) mass is 430 g/mol. The lowest BCUT2D eigenvalue weighted by atomic mass is 10.0. The molecule has 1 fully saturated rings. The zero-order chi connectivity index (χ0) is 19.1. The molecule has 1 aliphatic heterocycles. The number of nitrogens with one attached hydrogen (secondary N) is 1. The zero-order valence-corrected chi connectivity index (χ0v) is 16.1. The number of anilines is 1. The summed E-state index contributed by atoms with van der Waals surface area (Å²) in [5, 5.41) is 3.25. The zero-order valence-electron chi connectivity index (χ0n) is 14.5. The third-order valence-corrected chi connectivity index (χ3v) is 5.32. The van der Waals surface area contributed by atoms with Crippen molar-refractivity contribution in [2.45, 2.75) is 12.8 Å². The summed E-state index contributed by atoms with van der Waals surface area (Å²) in [5.41, 5.74) is 2.18. The van der Waals surface area contributed by atoms with Gasteiger partial charge in [0.25, 0.3) is 5.91 Å². The Morgan fingerprint density at radius 3 is 2.63 bits per heavy atom. The minimum atomic E-state index is -0.367. The van der Waals surface area contributed by atoms with E-state index in [-0.39, 0.29) is 17.6 Å². The van der Waals surface area contributed by atoms with Gasteiger partial charge in [0, 0.05) is 41.5 Å². The van der Waals surface area contributed by atoms with Gasteiger partial charge < -0.3 is 14.6 Å². The largest absolute Gasteiger partial charge is 0.455 e. The summed E-state index contributed by atoms with van der Waals surface area (Å²) in [6.07, 6.45) is 1.33. The van der Waals surface area contributed by atoms with Crippen molar-refractivity contribution in [3.8, 4) is 11.3 Å². The van der Waals surface area contributed by atoms with Gasteiger partial charge in [0.05, 0.1) is 11.3 Å². The van der Waals surface area contributed by atoms with Crippen LogP contribution in [0.25, 0.3) is 22.3 Å². The Balaban J connectivity index is 1.94. The number of hydrogen-bond donors (Lipinski definition) is 1. The predicted molar refractivity (Wildman–Crippen MR) is 104 cm³/mol. The topological polar surface area (TPSA) is 62.6 Å². The van der Waals surface area contributed by atoms with E-state index in [1.165, 1.54) is 12.1 Å². The Morgan fingerprint density at radius 2 is 2.00 bits per heavy atom. The number of carbonyl (C=O) groups is 2. The van der Waals surface area contributed by atoms with Crippen LogP contribution in [0.5, 0.6) is 0 Å². The van der Waals surface area contributed by atoms with Crippen molar-refractivity contribution in [1.29, 1.82) is 0 Å². The standard InChI is InChI=1S/C20H16BrFN2O3/c1-23-20(26)18-13-9-14(21)15(24-8-2-3-17(24)25)10-16(13)27-19(18)11-4-6-12(22)7-5-11/h4-7,9-10H,2-3,8H2,1H3,(H,23,26). The van der Waals surface area contributed by atoms with Gasteiger partial charge in [-0.3, -0.25) is 9.59 Å². The summed E-state index contributed by atoms with van der Waals surface area (Å²) in [7, 11) is 1.54. The molecular formula is C20H16BrFN2O3. The van der Waals surface area contributed by atoms with E-state index in [4.69, 9.17) is 4.42 Å². The molecule has 1 aromatic heterocycles. The maximum atomic E-state index is 13.3. The molecule has 0 atom stereocenters. The fourth-order valence-corrected chi connectivity index (χ4v) is 3.93. The lowest BCUT2D eigenvalue weighted by Crippen LogP contribution is -2.24. The van der Waals surface area contributed by atoms with Crippen molar-refractivity contribution >= 4 is 44.4 Å². The lowest BCUT2D eigenvalue weighted by Gasteiger charge is -2.17. The van der Waals surface area contributed by atoms with Gasteiger partial charge in [0.15, 0.2) is 0 Å². The van der Waals surface area contributed by atoms with Crippen molar-refractivity contribution in [2.24, 2.45) is 0 Å². The van der Waals surface area contributed by atoms with Gasteiger partial charge >= 0.3 is 0 Å². The molecule has 0 saturated carbocycles. The summed E-state index contributed by atoms with van der Waals surface area (Å²) >= 11 is 3.52. The number of hydrogen-bond acceptors (Lipinski definition) is 3. The normalized spacial score (nSPS) is 14.2. The van der Waals surface area contributed by atoms with Gasteiger partial charge in [0.2, 0.25) is 5.91 Å². The van der Waals surface area contributed by atoms with E-state index in [9.17, 15) is 14.0 Å². The van der Waals surface area contributed by atoms with E-state index < -0.39 is 0 Å². The first-order chi connectivity index (χ1) is 13.0. The maximum Gasteiger partial charge on any atom is 0.255 e. The van der Waals surface area contributed by atoms with Crippen LogP contribution in [0.3, 0.4) is 0 Å². The number of amides is 2. The first kappa shape index (κ1) is 17.7. The van der Waals surface area contributed by atoms with Crippen molar-refractivity contribution in [2.75, 3.05) is 18.5 Å². The number of carbonyl (C=O) groups excluding carboxylic acids is 2. The Labute approximate surface area is 163 Å².